The van der Waals surface area contributed by atoms with Crippen molar-refractivity contribution < 1.29 is 14.2 Å². The van der Waals surface area contributed by atoms with Crippen LogP contribution in [0.3, 0.4) is 0 Å². The van der Waals surface area contributed by atoms with Crippen LogP contribution in [0.1, 0.15) is 32.1 Å². The van der Waals surface area contributed by atoms with Gasteiger partial charge in [0.05, 0.1) is 12.7 Å². The predicted molar refractivity (Wildman–Crippen MR) is 123 cm³/mol. The predicted octanol–water partition coefficient (Wildman–Crippen LogP) is 3.31. The number of ether oxygens (including phenoxy) is 3. The quantitative estimate of drug-likeness (QED) is 0.256. The summed E-state index contributed by atoms with van der Waals surface area (Å²) in [5.74, 6) is 1.94. The summed E-state index contributed by atoms with van der Waals surface area (Å²) in [4.78, 5) is 6.75. The Morgan fingerprint density at radius 1 is 1.21 bits per heavy atom. The average molecular weight is 503 g/mol. The number of guanidine groups is 1. The van der Waals surface area contributed by atoms with Gasteiger partial charge < -0.3 is 24.4 Å². The van der Waals surface area contributed by atoms with Gasteiger partial charge >= 0.3 is 0 Å². The number of halogens is 1. The summed E-state index contributed by atoms with van der Waals surface area (Å²) in [7, 11) is 1.85. The van der Waals surface area contributed by atoms with Crippen LogP contribution in [0.4, 0.5) is 0 Å². The molecule has 158 valence electrons. The van der Waals surface area contributed by atoms with E-state index >= 15 is 0 Å². The SMILES string of the molecule is CN=C(NCCCOCC1CCCO1)N1CCC(Oc2ccccc2)CC1.I. The first-order chi connectivity index (χ1) is 13.3. The van der Waals surface area contributed by atoms with Crippen LogP contribution < -0.4 is 10.1 Å². The highest BCUT2D eigenvalue weighted by molar-refractivity contribution is 14.0. The second-order valence-corrected chi connectivity index (χ2v) is 7.15. The lowest BCUT2D eigenvalue weighted by molar-refractivity contribution is 0.0168. The molecule has 1 aromatic carbocycles. The van der Waals surface area contributed by atoms with Crippen LogP contribution in [0.25, 0.3) is 0 Å². The Balaban J connectivity index is 0.00000280. The van der Waals surface area contributed by atoms with E-state index in [1.54, 1.807) is 0 Å². The molecule has 0 radical (unpaired) electrons. The van der Waals surface area contributed by atoms with E-state index in [1.165, 1.54) is 6.42 Å². The number of piperidine rings is 1. The fourth-order valence-corrected chi connectivity index (χ4v) is 3.57. The molecule has 28 heavy (non-hydrogen) atoms. The molecule has 0 amide bonds. The van der Waals surface area contributed by atoms with Gasteiger partial charge in [-0.3, -0.25) is 4.99 Å². The molecule has 3 rings (SSSR count). The summed E-state index contributed by atoms with van der Waals surface area (Å²) in [6, 6.07) is 10.1. The van der Waals surface area contributed by atoms with E-state index in [4.69, 9.17) is 14.2 Å². The molecule has 1 N–H and O–H groups in total. The molecule has 2 saturated heterocycles. The van der Waals surface area contributed by atoms with Gasteiger partial charge in [0, 0.05) is 52.7 Å². The van der Waals surface area contributed by atoms with Gasteiger partial charge in [0.1, 0.15) is 11.9 Å². The number of para-hydroxylation sites is 1. The summed E-state index contributed by atoms with van der Waals surface area (Å²) in [5, 5.41) is 3.46. The van der Waals surface area contributed by atoms with E-state index in [1.807, 2.05) is 37.4 Å². The van der Waals surface area contributed by atoms with Gasteiger partial charge in [-0.05, 0) is 31.4 Å². The zero-order valence-corrected chi connectivity index (χ0v) is 19.2. The molecule has 0 aliphatic carbocycles. The summed E-state index contributed by atoms with van der Waals surface area (Å²) in [5.41, 5.74) is 0. The first kappa shape index (κ1) is 23.2. The Morgan fingerprint density at radius 2 is 2.00 bits per heavy atom. The number of hydrogen-bond donors (Lipinski definition) is 1. The first-order valence-electron chi connectivity index (χ1n) is 10.2. The molecular formula is C21H34IN3O3. The van der Waals surface area contributed by atoms with Crippen molar-refractivity contribution in [2.45, 2.75) is 44.3 Å². The van der Waals surface area contributed by atoms with Gasteiger partial charge in [0.25, 0.3) is 0 Å². The highest BCUT2D eigenvalue weighted by Crippen LogP contribution is 2.18. The van der Waals surface area contributed by atoms with Crippen LogP contribution >= 0.6 is 24.0 Å². The number of hydrogen-bond acceptors (Lipinski definition) is 4. The molecule has 0 aromatic heterocycles. The first-order valence-corrected chi connectivity index (χ1v) is 10.2. The van der Waals surface area contributed by atoms with Crippen LogP contribution in [0.15, 0.2) is 35.3 Å². The minimum absolute atomic E-state index is 0. The topological polar surface area (TPSA) is 55.3 Å². The molecule has 0 saturated carbocycles. The molecule has 6 nitrogen and oxygen atoms in total. The second-order valence-electron chi connectivity index (χ2n) is 7.15. The highest BCUT2D eigenvalue weighted by atomic mass is 127. The van der Waals surface area contributed by atoms with Crippen molar-refractivity contribution in [3.8, 4) is 5.75 Å². The van der Waals surface area contributed by atoms with E-state index in [9.17, 15) is 0 Å². The van der Waals surface area contributed by atoms with Crippen molar-refractivity contribution in [2.75, 3.05) is 46.5 Å². The van der Waals surface area contributed by atoms with E-state index in [0.717, 1.165) is 76.8 Å². The number of nitrogens with zero attached hydrogens (tertiary/aromatic N) is 2. The fraction of sp³-hybridized carbons (Fsp3) is 0.667. The van der Waals surface area contributed by atoms with Crippen molar-refractivity contribution in [3.63, 3.8) is 0 Å². The lowest BCUT2D eigenvalue weighted by Crippen LogP contribution is -2.47. The van der Waals surface area contributed by atoms with Gasteiger partial charge in [0.2, 0.25) is 0 Å². The number of benzene rings is 1. The molecule has 2 heterocycles. The smallest absolute Gasteiger partial charge is 0.193 e. The Labute approximate surface area is 186 Å². The van der Waals surface area contributed by atoms with Crippen molar-refractivity contribution in [2.24, 2.45) is 4.99 Å². The molecule has 2 aliphatic heterocycles. The third kappa shape index (κ3) is 7.75. The molecule has 0 bridgehead atoms. The minimum atomic E-state index is 0. The normalized spacial score (nSPS) is 20.7. The largest absolute Gasteiger partial charge is 0.490 e. The molecule has 2 aliphatic rings. The van der Waals surface area contributed by atoms with Crippen LogP contribution in [0, 0.1) is 0 Å². The average Bonchev–Trinajstić information content (AvgIpc) is 3.23. The van der Waals surface area contributed by atoms with Crippen LogP contribution in [-0.4, -0.2) is 69.6 Å². The summed E-state index contributed by atoms with van der Waals surface area (Å²) < 4.78 is 17.3. The second kappa shape index (κ2) is 13.2. The minimum Gasteiger partial charge on any atom is -0.490 e. The Bertz CT molecular complexity index is 559. The lowest BCUT2D eigenvalue weighted by Gasteiger charge is -2.34. The van der Waals surface area contributed by atoms with Crippen molar-refractivity contribution in [1.29, 1.82) is 0 Å². The maximum Gasteiger partial charge on any atom is 0.193 e. The number of rotatable bonds is 8. The zero-order chi connectivity index (χ0) is 18.7. The van der Waals surface area contributed by atoms with Gasteiger partial charge in [-0.2, -0.15) is 0 Å². The van der Waals surface area contributed by atoms with Crippen LogP contribution in [0.2, 0.25) is 0 Å². The monoisotopic (exact) mass is 503 g/mol. The molecule has 1 atom stereocenters. The standard InChI is InChI=1S/C21H33N3O3.HI/c1-22-21(23-12-6-15-25-17-20-9-5-16-26-20)24-13-10-19(11-14-24)27-18-7-3-2-4-8-18;/h2-4,7-8,19-20H,5-6,9-17H2,1H3,(H,22,23);1H. The highest BCUT2D eigenvalue weighted by Gasteiger charge is 2.22. The van der Waals surface area contributed by atoms with E-state index < -0.39 is 0 Å². The maximum absolute atomic E-state index is 6.07. The van der Waals surface area contributed by atoms with Gasteiger partial charge in [-0.1, -0.05) is 18.2 Å². The molecule has 1 aromatic rings. The number of aliphatic imine (C=N–C) groups is 1. The molecular weight excluding hydrogens is 469 g/mol. The Morgan fingerprint density at radius 3 is 2.68 bits per heavy atom. The zero-order valence-electron chi connectivity index (χ0n) is 16.8. The van der Waals surface area contributed by atoms with E-state index in [0.29, 0.717) is 6.10 Å². The molecule has 0 spiro atoms. The van der Waals surface area contributed by atoms with E-state index in [2.05, 4.69) is 15.2 Å². The lowest BCUT2D eigenvalue weighted by atomic mass is 10.1. The van der Waals surface area contributed by atoms with Crippen molar-refractivity contribution in [3.05, 3.63) is 30.3 Å². The molecule has 7 heteroatoms. The third-order valence-corrected chi connectivity index (χ3v) is 5.08. The third-order valence-electron chi connectivity index (χ3n) is 5.08. The van der Waals surface area contributed by atoms with Gasteiger partial charge in [-0.15, -0.1) is 24.0 Å². The summed E-state index contributed by atoms with van der Waals surface area (Å²) in [6.07, 6.45) is 5.89. The van der Waals surface area contributed by atoms with Gasteiger partial charge in [0.15, 0.2) is 5.96 Å². The van der Waals surface area contributed by atoms with Crippen molar-refractivity contribution >= 4 is 29.9 Å². The number of nitrogens with one attached hydrogen (secondary N) is 1. The Hall–Kier alpha value is -1.06. The maximum atomic E-state index is 6.07. The van der Waals surface area contributed by atoms with E-state index in [-0.39, 0.29) is 30.1 Å². The van der Waals surface area contributed by atoms with Crippen LogP contribution in [0.5, 0.6) is 5.75 Å². The molecule has 2 fully saturated rings. The summed E-state index contributed by atoms with van der Waals surface area (Å²) in [6.45, 7) is 5.18. The summed E-state index contributed by atoms with van der Waals surface area (Å²) >= 11 is 0. The van der Waals surface area contributed by atoms with Crippen LogP contribution in [-0.2, 0) is 9.47 Å². The van der Waals surface area contributed by atoms with Gasteiger partial charge in [-0.25, -0.2) is 0 Å². The molecule has 1 unspecified atom stereocenters. The Kier molecular flexibility index (Phi) is 11.0. The van der Waals surface area contributed by atoms with Crippen molar-refractivity contribution in [1.82, 2.24) is 10.2 Å². The number of likely N-dealkylation sites (tertiary alicyclic amines) is 1. The fourth-order valence-electron chi connectivity index (χ4n) is 3.57.